The average Bonchev–Trinajstić information content (AvgIpc) is 2.35. The van der Waals surface area contributed by atoms with Crippen LogP contribution in [0.15, 0.2) is 24.3 Å². The molecule has 0 aliphatic carbocycles. The fourth-order valence-corrected chi connectivity index (χ4v) is 1.52. The Morgan fingerprint density at radius 1 is 1.05 bits per heavy atom. The molecule has 0 radical (unpaired) electrons. The molecular formula is C12H12F6N2O. The Bertz CT molecular complexity index is 483. The second-order valence-electron chi connectivity index (χ2n) is 4.15. The van der Waals surface area contributed by atoms with Crippen molar-refractivity contribution in [2.75, 3.05) is 13.1 Å². The summed E-state index contributed by atoms with van der Waals surface area (Å²) in [5.41, 5.74) is -0.943. The zero-order valence-corrected chi connectivity index (χ0v) is 10.6. The minimum Gasteiger partial charge on any atom is -0.346 e. The molecule has 1 rings (SSSR count). The number of hydrogen-bond acceptors (Lipinski definition) is 2. The second kappa shape index (κ2) is 6.79. The maximum absolute atomic E-state index is 12.7. The van der Waals surface area contributed by atoms with E-state index in [2.05, 4.69) is 5.32 Å². The SMILES string of the molecule is O=C(CNCc1ccccc1C(F)(F)F)NCC(F)(F)F. The third-order valence-electron chi connectivity index (χ3n) is 2.41. The molecule has 0 spiro atoms. The highest BCUT2D eigenvalue weighted by molar-refractivity contribution is 5.78. The van der Waals surface area contributed by atoms with Crippen LogP contribution in [0, 0.1) is 0 Å². The number of nitrogens with one attached hydrogen (secondary N) is 2. The lowest BCUT2D eigenvalue weighted by atomic mass is 10.1. The summed E-state index contributed by atoms with van der Waals surface area (Å²) in [7, 11) is 0. The zero-order chi connectivity index (χ0) is 16.1. The van der Waals surface area contributed by atoms with Crippen molar-refractivity contribution in [1.82, 2.24) is 10.6 Å². The predicted octanol–water partition coefficient (Wildman–Crippen LogP) is 2.47. The first-order valence-corrected chi connectivity index (χ1v) is 5.79. The topological polar surface area (TPSA) is 41.1 Å². The molecule has 1 aromatic rings. The molecule has 1 amide bonds. The number of benzene rings is 1. The fourth-order valence-electron chi connectivity index (χ4n) is 1.52. The van der Waals surface area contributed by atoms with E-state index in [4.69, 9.17) is 0 Å². The van der Waals surface area contributed by atoms with Gasteiger partial charge in [-0.05, 0) is 11.6 Å². The van der Waals surface area contributed by atoms with Gasteiger partial charge >= 0.3 is 12.4 Å². The van der Waals surface area contributed by atoms with E-state index in [1.54, 1.807) is 5.32 Å². The van der Waals surface area contributed by atoms with Gasteiger partial charge in [-0.2, -0.15) is 26.3 Å². The Hall–Kier alpha value is -1.77. The first kappa shape index (κ1) is 17.3. The minimum absolute atomic E-state index is 0.0892. The van der Waals surface area contributed by atoms with Gasteiger partial charge < -0.3 is 10.6 Å². The van der Waals surface area contributed by atoms with Crippen LogP contribution in [0.2, 0.25) is 0 Å². The minimum atomic E-state index is -4.53. The summed E-state index contributed by atoms with van der Waals surface area (Å²) < 4.78 is 73.4. The van der Waals surface area contributed by atoms with Crippen molar-refractivity contribution in [3.05, 3.63) is 35.4 Å². The van der Waals surface area contributed by atoms with Crippen LogP contribution in [-0.2, 0) is 17.5 Å². The van der Waals surface area contributed by atoms with Gasteiger partial charge in [-0.1, -0.05) is 18.2 Å². The molecule has 0 bridgehead atoms. The molecule has 0 saturated carbocycles. The third-order valence-corrected chi connectivity index (χ3v) is 2.41. The Kier molecular flexibility index (Phi) is 5.59. The summed E-state index contributed by atoms with van der Waals surface area (Å²) in [5.74, 6) is -0.947. The van der Waals surface area contributed by atoms with Crippen LogP contribution in [0.5, 0.6) is 0 Å². The van der Waals surface area contributed by atoms with Crippen LogP contribution in [0.1, 0.15) is 11.1 Å². The molecular weight excluding hydrogens is 302 g/mol. The third kappa shape index (κ3) is 6.48. The number of carbonyl (C=O) groups is 1. The lowest BCUT2D eigenvalue weighted by Crippen LogP contribution is -2.39. The van der Waals surface area contributed by atoms with Gasteiger partial charge in [-0.3, -0.25) is 4.79 Å². The van der Waals surface area contributed by atoms with E-state index in [1.165, 1.54) is 18.2 Å². The lowest BCUT2D eigenvalue weighted by molar-refractivity contribution is -0.138. The smallest absolute Gasteiger partial charge is 0.346 e. The highest BCUT2D eigenvalue weighted by Gasteiger charge is 2.32. The van der Waals surface area contributed by atoms with Gasteiger partial charge in [0.15, 0.2) is 0 Å². The quantitative estimate of drug-likeness (QED) is 0.820. The van der Waals surface area contributed by atoms with Crippen LogP contribution in [0.4, 0.5) is 26.3 Å². The molecule has 2 N–H and O–H groups in total. The molecule has 0 saturated heterocycles. The normalized spacial score (nSPS) is 12.3. The van der Waals surface area contributed by atoms with Crippen LogP contribution in [0.25, 0.3) is 0 Å². The van der Waals surface area contributed by atoms with Crippen molar-refractivity contribution in [1.29, 1.82) is 0 Å². The molecule has 0 aliphatic heterocycles. The number of amides is 1. The van der Waals surface area contributed by atoms with E-state index in [0.29, 0.717) is 0 Å². The Labute approximate surface area is 116 Å². The van der Waals surface area contributed by atoms with Crippen molar-refractivity contribution < 1.29 is 31.1 Å². The van der Waals surface area contributed by atoms with Gasteiger partial charge in [-0.25, -0.2) is 0 Å². The summed E-state index contributed by atoms with van der Waals surface area (Å²) in [6.07, 6.45) is -9.06. The molecule has 0 heterocycles. The van der Waals surface area contributed by atoms with Gasteiger partial charge in [0.2, 0.25) is 5.91 Å². The van der Waals surface area contributed by atoms with E-state index in [1.807, 2.05) is 0 Å². The average molecular weight is 314 g/mol. The van der Waals surface area contributed by atoms with Gasteiger partial charge in [0.05, 0.1) is 12.1 Å². The van der Waals surface area contributed by atoms with Crippen LogP contribution in [0.3, 0.4) is 0 Å². The second-order valence-corrected chi connectivity index (χ2v) is 4.15. The van der Waals surface area contributed by atoms with Crippen LogP contribution >= 0.6 is 0 Å². The monoisotopic (exact) mass is 314 g/mol. The summed E-state index contributed by atoms with van der Waals surface area (Å²) in [4.78, 5) is 11.1. The predicted molar refractivity (Wildman–Crippen MR) is 62.2 cm³/mol. The van der Waals surface area contributed by atoms with Gasteiger partial charge in [0.25, 0.3) is 0 Å². The highest BCUT2D eigenvalue weighted by atomic mass is 19.4. The van der Waals surface area contributed by atoms with Crippen molar-refractivity contribution in [3.63, 3.8) is 0 Å². The van der Waals surface area contributed by atoms with Crippen molar-refractivity contribution in [3.8, 4) is 0 Å². The zero-order valence-electron chi connectivity index (χ0n) is 10.6. The standard InChI is InChI=1S/C12H12F6N2O/c13-11(14,15)7-20-10(21)6-19-5-8-3-1-2-4-9(8)12(16,17)18/h1-4,19H,5-7H2,(H,20,21). The molecule has 0 unspecified atom stereocenters. The molecule has 0 aromatic heterocycles. The van der Waals surface area contributed by atoms with E-state index in [-0.39, 0.29) is 12.1 Å². The molecule has 0 aliphatic rings. The molecule has 21 heavy (non-hydrogen) atoms. The van der Waals surface area contributed by atoms with E-state index >= 15 is 0 Å². The number of alkyl halides is 6. The van der Waals surface area contributed by atoms with E-state index in [0.717, 1.165) is 6.07 Å². The highest BCUT2D eigenvalue weighted by Crippen LogP contribution is 2.31. The summed E-state index contributed by atoms with van der Waals surface area (Å²) in [5, 5.41) is 3.98. The number of carbonyl (C=O) groups excluding carboxylic acids is 1. The van der Waals surface area contributed by atoms with E-state index < -0.39 is 36.9 Å². The molecule has 0 atom stereocenters. The molecule has 118 valence electrons. The number of hydrogen-bond donors (Lipinski definition) is 2. The first-order chi connectivity index (χ1) is 9.59. The first-order valence-electron chi connectivity index (χ1n) is 5.79. The Morgan fingerprint density at radius 3 is 2.24 bits per heavy atom. The van der Waals surface area contributed by atoms with Crippen molar-refractivity contribution >= 4 is 5.91 Å². The number of halogens is 6. The van der Waals surface area contributed by atoms with Gasteiger partial charge in [0.1, 0.15) is 6.54 Å². The summed E-state index contributed by atoms with van der Waals surface area (Å²) in [6.45, 7) is -2.27. The Balaban J connectivity index is 2.48. The maximum Gasteiger partial charge on any atom is 0.416 e. The summed E-state index contributed by atoms with van der Waals surface area (Å²) in [6, 6.07) is 4.74. The van der Waals surface area contributed by atoms with Crippen molar-refractivity contribution in [2.45, 2.75) is 18.9 Å². The van der Waals surface area contributed by atoms with Gasteiger partial charge in [0, 0.05) is 6.54 Å². The van der Waals surface area contributed by atoms with Crippen molar-refractivity contribution in [2.24, 2.45) is 0 Å². The summed E-state index contributed by atoms with van der Waals surface area (Å²) >= 11 is 0. The maximum atomic E-state index is 12.7. The van der Waals surface area contributed by atoms with Crippen LogP contribution in [-0.4, -0.2) is 25.2 Å². The van der Waals surface area contributed by atoms with Gasteiger partial charge in [-0.15, -0.1) is 0 Å². The Morgan fingerprint density at radius 2 is 1.67 bits per heavy atom. The lowest BCUT2D eigenvalue weighted by Gasteiger charge is -2.13. The largest absolute Gasteiger partial charge is 0.416 e. The fraction of sp³-hybridized carbons (Fsp3) is 0.417. The molecule has 0 fully saturated rings. The molecule has 9 heteroatoms. The molecule has 1 aromatic carbocycles. The number of rotatable bonds is 5. The van der Waals surface area contributed by atoms with Crippen LogP contribution < -0.4 is 10.6 Å². The molecule has 3 nitrogen and oxygen atoms in total. The van der Waals surface area contributed by atoms with E-state index in [9.17, 15) is 31.1 Å².